The maximum Gasteiger partial charge on any atom is 0.343 e. The van der Waals surface area contributed by atoms with Gasteiger partial charge in [0.05, 0.1) is 12.3 Å². The molecule has 0 aliphatic carbocycles. The van der Waals surface area contributed by atoms with Crippen molar-refractivity contribution >= 4 is 35.3 Å². The van der Waals surface area contributed by atoms with Crippen LogP contribution in [0.15, 0.2) is 22.2 Å². The Morgan fingerprint density at radius 1 is 1.36 bits per heavy atom. The largest absolute Gasteiger partial charge is 0.462 e. The Bertz CT molecular complexity index is 999. The third kappa shape index (κ3) is 3.52. The first kappa shape index (κ1) is 16.7. The minimum Gasteiger partial charge on any atom is -0.462 e. The first-order chi connectivity index (χ1) is 12.0. The number of fused-ring (bicyclic) bond motifs is 1. The van der Waals surface area contributed by atoms with Gasteiger partial charge in [-0.15, -0.1) is 0 Å². The van der Waals surface area contributed by atoms with Gasteiger partial charge in [0.15, 0.2) is 5.16 Å². The number of hydrogen-bond acceptors (Lipinski definition) is 10. The molecular weight excluding hydrogens is 348 g/mol. The molecule has 0 amide bonds. The summed E-state index contributed by atoms with van der Waals surface area (Å²) < 4.78 is 6.01. The van der Waals surface area contributed by atoms with Gasteiger partial charge in [0.1, 0.15) is 11.4 Å². The number of carbonyl (C=O) groups excluding carboxylic acids is 1. The lowest BCUT2D eigenvalue weighted by molar-refractivity contribution is 0.0526. The van der Waals surface area contributed by atoms with Crippen molar-refractivity contribution in [2.75, 3.05) is 18.1 Å². The molecule has 0 spiro atoms. The highest BCUT2D eigenvalue weighted by molar-refractivity contribution is 7.98. The zero-order chi connectivity index (χ0) is 18.0. The SMILES string of the molecule is CCOC(=O)c1cnc(SCc2cc(=O)n3[nH]c(N)nc3n2)nc1N. The molecule has 3 rings (SSSR count). The second-order valence-corrected chi connectivity index (χ2v) is 5.73. The molecule has 25 heavy (non-hydrogen) atoms. The molecule has 0 aliphatic rings. The number of aromatic amines is 1. The normalized spacial score (nSPS) is 10.9. The molecule has 0 fully saturated rings. The molecule has 0 unspecified atom stereocenters. The number of nitrogens with zero attached hydrogens (tertiary/aromatic N) is 5. The highest BCUT2D eigenvalue weighted by Crippen LogP contribution is 2.20. The highest BCUT2D eigenvalue weighted by atomic mass is 32.2. The number of aromatic nitrogens is 6. The molecule has 0 radical (unpaired) electrons. The molecule has 3 heterocycles. The van der Waals surface area contributed by atoms with Crippen LogP contribution >= 0.6 is 11.8 Å². The van der Waals surface area contributed by atoms with E-state index in [2.05, 4.69) is 25.0 Å². The molecule has 0 atom stereocenters. The number of anilines is 2. The van der Waals surface area contributed by atoms with Crippen molar-refractivity contribution in [1.82, 2.24) is 29.5 Å². The number of nitrogen functional groups attached to an aromatic ring is 2. The number of thioether (sulfide) groups is 1. The number of ether oxygens (including phenoxy) is 1. The van der Waals surface area contributed by atoms with Gasteiger partial charge >= 0.3 is 5.97 Å². The van der Waals surface area contributed by atoms with Crippen molar-refractivity contribution < 1.29 is 9.53 Å². The van der Waals surface area contributed by atoms with E-state index in [1.54, 1.807) is 6.92 Å². The van der Waals surface area contributed by atoms with E-state index < -0.39 is 5.97 Å². The maximum absolute atomic E-state index is 11.9. The van der Waals surface area contributed by atoms with E-state index in [-0.39, 0.29) is 35.3 Å². The number of nitrogens with one attached hydrogen (secondary N) is 1. The lowest BCUT2D eigenvalue weighted by atomic mass is 10.3. The summed E-state index contributed by atoms with van der Waals surface area (Å²) >= 11 is 1.21. The minimum absolute atomic E-state index is 0.0273. The third-order valence-corrected chi connectivity index (χ3v) is 3.94. The van der Waals surface area contributed by atoms with E-state index in [9.17, 15) is 9.59 Å². The minimum atomic E-state index is -0.576. The van der Waals surface area contributed by atoms with Crippen LogP contribution < -0.4 is 17.0 Å². The lowest BCUT2D eigenvalue weighted by Crippen LogP contribution is -2.15. The van der Waals surface area contributed by atoms with Gasteiger partial charge < -0.3 is 16.2 Å². The van der Waals surface area contributed by atoms with Crippen molar-refractivity contribution in [1.29, 1.82) is 0 Å². The second-order valence-electron chi connectivity index (χ2n) is 4.79. The Morgan fingerprint density at radius 2 is 2.16 bits per heavy atom. The average Bonchev–Trinajstić information content (AvgIpc) is 2.94. The summed E-state index contributed by atoms with van der Waals surface area (Å²) in [6, 6.07) is 1.36. The summed E-state index contributed by atoms with van der Waals surface area (Å²) in [4.78, 5) is 39.9. The Kier molecular flexibility index (Phi) is 4.52. The van der Waals surface area contributed by atoms with Gasteiger partial charge in [-0.3, -0.25) is 9.89 Å². The van der Waals surface area contributed by atoms with Gasteiger partial charge in [-0.25, -0.2) is 19.7 Å². The van der Waals surface area contributed by atoms with Crippen LogP contribution in [0.25, 0.3) is 5.78 Å². The first-order valence-electron chi connectivity index (χ1n) is 7.14. The number of hydrogen-bond donors (Lipinski definition) is 3. The van der Waals surface area contributed by atoms with Crippen LogP contribution in [0.2, 0.25) is 0 Å². The molecular formula is C13H14N8O3S. The van der Waals surface area contributed by atoms with Crippen LogP contribution in [0.4, 0.5) is 11.8 Å². The molecule has 0 saturated carbocycles. The van der Waals surface area contributed by atoms with Crippen molar-refractivity contribution in [2.24, 2.45) is 0 Å². The van der Waals surface area contributed by atoms with E-state index in [1.807, 2.05) is 0 Å². The predicted molar refractivity (Wildman–Crippen MR) is 90.0 cm³/mol. The van der Waals surface area contributed by atoms with Crippen LogP contribution in [0.5, 0.6) is 0 Å². The van der Waals surface area contributed by atoms with Gasteiger partial charge in [-0.2, -0.15) is 9.50 Å². The summed E-state index contributed by atoms with van der Waals surface area (Å²) in [5, 5.41) is 2.92. The molecule has 0 bridgehead atoms. The Hall–Kier alpha value is -3.15. The predicted octanol–water partition coefficient (Wildman–Crippen LogP) is -0.159. The Morgan fingerprint density at radius 3 is 2.88 bits per heavy atom. The van der Waals surface area contributed by atoms with Gasteiger partial charge in [0, 0.05) is 18.0 Å². The summed E-state index contributed by atoms with van der Waals surface area (Å²) in [6.07, 6.45) is 1.31. The molecule has 5 N–H and O–H groups in total. The summed E-state index contributed by atoms with van der Waals surface area (Å²) in [5.74, 6) is 0.0440. The summed E-state index contributed by atoms with van der Waals surface area (Å²) in [7, 11) is 0. The third-order valence-electron chi connectivity index (χ3n) is 3.04. The summed E-state index contributed by atoms with van der Waals surface area (Å²) in [5.41, 5.74) is 11.5. The monoisotopic (exact) mass is 362 g/mol. The molecule has 12 heteroatoms. The number of esters is 1. The fourth-order valence-corrected chi connectivity index (χ4v) is 2.68. The van der Waals surface area contributed by atoms with Crippen molar-refractivity contribution in [2.45, 2.75) is 17.8 Å². The van der Waals surface area contributed by atoms with Crippen LogP contribution in [-0.2, 0) is 10.5 Å². The highest BCUT2D eigenvalue weighted by Gasteiger charge is 2.14. The number of H-pyrrole nitrogens is 1. The molecule has 3 aromatic heterocycles. The fourth-order valence-electron chi connectivity index (χ4n) is 1.97. The molecule has 0 aliphatic heterocycles. The lowest BCUT2D eigenvalue weighted by Gasteiger charge is -2.05. The van der Waals surface area contributed by atoms with Gasteiger partial charge in [-0.1, -0.05) is 11.8 Å². The van der Waals surface area contributed by atoms with Gasteiger partial charge in [-0.05, 0) is 6.92 Å². The number of rotatable bonds is 5. The van der Waals surface area contributed by atoms with Gasteiger partial charge in [0.25, 0.3) is 11.3 Å². The van der Waals surface area contributed by atoms with Crippen LogP contribution in [0, 0.1) is 0 Å². The average molecular weight is 362 g/mol. The molecule has 3 aromatic rings. The molecule has 11 nitrogen and oxygen atoms in total. The van der Waals surface area contributed by atoms with E-state index in [4.69, 9.17) is 16.2 Å². The van der Waals surface area contributed by atoms with E-state index >= 15 is 0 Å². The maximum atomic E-state index is 11.9. The number of nitrogens with two attached hydrogens (primary N) is 2. The first-order valence-corrected chi connectivity index (χ1v) is 8.13. The van der Waals surface area contributed by atoms with Crippen molar-refractivity contribution in [3.63, 3.8) is 0 Å². The van der Waals surface area contributed by atoms with E-state index in [1.165, 1.54) is 24.0 Å². The molecule has 0 aromatic carbocycles. The van der Waals surface area contributed by atoms with E-state index in [0.29, 0.717) is 16.6 Å². The summed E-state index contributed by atoms with van der Waals surface area (Å²) in [6.45, 7) is 1.93. The Labute approximate surface area is 144 Å². The number of carbonyl (C=O) groups is 1. The molecule has 0 saturated heterocycles. The Balaban J connectivity index is 1.76. The standard InChI is InChI=1S/C13H14N8O3S/c1-2-24-10(23)7-4-16-13(18-9(7)14)25-5-6-3-8(22)21-12(17-6)19-11(15)20-21/h3-4H,2,5H2,1H3,(H2,14,16,18)(H3,15,17,19,20). The topological polar surface area (TPSA) is 167 Å². The van der Waals surface area contributed by atoms with Crippen LogP contribution in [0.3, 0.4) is 0 Å². The van der Waals surface area contributed by atoms with Crippen LogP contribution in [0.1, 0.15) is 23.0 Å². The smallest absolute Gasteiger partial charge is 0.343 e. The van der Waals surface area contributed by atoms with Gasteiger partial charge in [0.2, 0.25) is 5.95 Å². The van der Waals surface area contributed by atoms with Crippen LogP contribution in [-0.4, -0.2) is 42.1 Å². The molecule has 130 valence electrons. The quantitative estimate of drug-likeness (QED) is 0.315. The zero-order valence-electron chi connectivity index (χ0n) is 13.1. The second kappa shape index (κ2) is 6.76. The van der Waals surface area contributed by atoms with Crippen molar-refractivity contribution in [3.05, 3.63) is 33.9 Å². The van der Waals surface area contributed by atoms with Crippen molar-refractivity contribution in [3.8, 4) is 0 Å². The zero-order valence-corrected chi connectivity index (χ0v) is 13.9. The fraction of sp³-hybridized carbons (Fsp3) is 0.231. The van der Waals surface area contributed by atoms with E-state index in [0.717, 1.165) is 4.52 Å².